The third kappa shape index (κ3) is 3.89. The molecule has 0 saturated carbocycles. The molecule has 1 atom stereocenters. The predicted octanol–water partition coefficient (Wildman–Crippen LogP) is 2.51. The van der Waals surface area contributed by atoms with Crippen molar-refractivity contribution in [1.82, 2.24) is 29.7 Å². The van der Waals surface area contributed by atoms with Gasteiger partial charge in [0.2, 0.25) is 5.88 Å². The second-order valence-electron chi connectivity index (χ2n) is 5.59. The van der Waals surface area contributed by atoms with Crippen LogP contribution in [-0.4, -0.2) is 48.9 Å². The van der Waals surface area contributed by atoms with Crippen molar-refractivity contribution in [2.45, 2.75) is 19.1 Å². The summed E-state index contributed by atoms with van der Waals surface area (Å²) in [5.41, 5.74) is 0.189. The van der Waals surface area contributed by atoms with Gasteiger partial charge < -0.3 is 14.6 Å². The van der Waals surface area contributed by atoms with Gasteiger partial charge in [-0.2, -0.15) is 13.2 Å². The number of alkyl halides is 3. The molecule has 3 heterocycles. The zero-order valence-electron chi connectivity index (χ0n) is 14.7. The molecule has 0 fully saturated rings. The molecule has 1 N–H and O–H groups in total. The Hall–Kier alpha value is -3.57. The highest BCUT2D eigenvalue weighted by atomic mass is 19.4. The first-order valence-electron chi connectivity index (χ1n) is 7.90. The Morgan fingerprint density at radius 2 is 2.11 bits per heavy atom. The SMILES string of the molecule is COc1ncncc1C(=O)Nc1cccc(-c2nncn2[C@@H](C)C(F)(F)F)n1. The highest BCUT2D eigenvalue weighted by molar-refractivity contribution is 6.05. The van der Waals surface area contributed by atoms with Crippen molar-refractivity contribution in [2.24, 2.45) is 0 Å². The Morgan fingerprint density at radius 3 is 2.82 bits per heavy atom. The number of rotatable bonds is 5. The third-order valence-corrected chi connectivity index (χ3v) is 3.80. The number of nitrogens with zero attached hydrogens (tertiary/aromatic N) is 6. The summed E-state index contributed by atoms with van der Waals surface area (Å²) in [7, 11) is 1.35. The molecular weight excluding hydrogens is 379 g/mol. The number of methoxy groups -OCH3 is 1. The number of hydrogen-bond acceptors (Lipinski definition) is 7. The molecule has 146 valence electrons. The van der Waals surface area contributed by atoms with Crippen LogP contribution in [0.3, 0.4) is 0 Å². The second-order valence-corrected chi connectivity index (χ2v) is 5.59. The fraction of sp³-hybridized carbons (Fsp3) is 0.250. The maximum atomic E-state index is 13.0. The fourth-order valence-electron chi connectivity index (χ4n) is 2.32. The summed E-state index contributed by atoms with van der Waals surface area (Å²) in [5, 5.41) is 9.80. The van der Waals surface area contributed by atoms with Gasteiger partial charge in [-0.25, -0.2) is 15.0 Å². The zero-order chi connectivity index (χ0) is 20.3. The van der Waals surface area contributed by atoms with E-state index in [-0.39, 0.29) is 28.8 Å². The number of carbonyl (C=O) groups is 1. The summed E-state index contributed by atoms with van der Waals surface area (Å²) in [6, 6.07) is 2.62. The van der Waals surface area contributed by atoms with E-state index in [2.05, 4.69) is 30.5 Å². The fourth-order valence-corrected chi connectivity index (χ4v) is 2.32. The van der Waals surface area contributed by atoms with Gasteiger partial charge >= 0.3 is 6.18 Å². The average Bonchev–Trinajstić information content (AvgIpc) is 3.16. The van der Waals surface area contributed by atoms with Gasteiger partial charge in [0.15, 0.2) is 5.82 Å². The van der Waals surface area contributed by atoms with Crippen LogP contribution in [0, 0.1) is 0 Å². The Balaban J connectivity index is 1.88. The summed E-state index contributed by atoms with van der Waals surface area (Å²) in [4.78, 5) is 24.2. The Kier molecular flexibility index (Phi) is 5.20. The van der Waals surface area contributed by atoms with Crippen molar-refractivity contribution < 1.29 is 22.7 Å². The van der Waals surface area contributed by atoms with Gasteiger partial charge in [0.1, 0.15) is 35.8 Å². The molecule has 0 unspecified atom stereocenters. The number of nitrogens with one attached hydrogen (secondary N) is 1. The minimum Gasteiger partial charge on any atom is -0.480 e. The van der Waals surface area contributed by atoms with Crippen LogP contribution in [0.4, 0.5) is 19.0 Å². The van der Waals surface area contributed by atoms with E-state index in [1.807, 2.05) is 0 Å². The molecule has 0 bridgehead atoms. The van der Waals surface area contributed by atoms with Gasteiger partial charge in [-0.1, -0.05) is 6.07 Å². The van der Waals surface area contributed by atoms with E-state index in [9.17, 15) is 18.0 Å². The van der Waals surface area contributed by atoms with Crippen LogP contribution in [-0.2, 0) is 0 Å². The van der Waals surface area contributed by atoms with Crippen LogP contribution in [0.5, 0.6) is 5.88 Å². The van der Waals surface area contributed by atoms with E-state index in [1.54, 1.807) is 0 Å². The summed E-state index contributed by atoms with van der Waals surface area (Å²) in [6.07, 6.45) is -1.00. The number of aromatic nitrogens is 6. The monoisotopic (exact) mass is 393 g/mol. The molecule has 12 heteroatoms. The number of pyridine rings is 1. The molecule has 0 aliphatic rings. The van der Waals surface area contributed by atoms with Crippen LogP contribution in [0.15, 0.2) is 37.1 Å². The molecule has 9 nitrogen and oxygen atoms in total. The number of anilines is 1. The van der Waals surface area contributed by atoms with Crippen molar-refractivity contribution in [3.63, 3.8) is 0 Å². The molecule has 3 aromatic heterocycles. The van der Waals surface area contributed by atoms with Gasteiger partial charge in [-0.15, -0.1) is 10.2 Å². The largest absolute Gasteiger partial charge is 0.480 e. The lowest BCUT2D eigenvalue weighted by molar-refractivity contribution is -0.162. The van der Waals surface area contributed by atoms with E-state index >= 15 is 0 Å². The lowest BCUT2D eigenvalue weighted by Crippen LogP contribution is -2.24. The standard InChI is InChI=1S/C16H14F3N7O2/c1-9(16(17,18)19)26-8-22-25-13(26)11-4-3-5-12(23-11)24-14(27)10-6-20-7-21-15(10)28-2/h3-9H,1-2H3,(H,23,24,27)/t9-/m0/s1. The van der Waals surface area contributed by atoms with Crippen LogP contribution in [0.25, 0.3) is 11.5 Å². The number of ether oxygens (including phenoxy) is 1. The first-order valence-corrected chi connectivity index (χ1v) is 7.90. The molecule has 0 aliphatic heterocycles. The van der Waals surface area contributed by atoms with Crippen LogP contribution >= 0.6 is 0 Å². The number of carbonyl (C=O) groups excluding carboxylic acids is 1. The predicted molar refractivity (Wildman–Crippen MR) is 90.6 cm³/mol. The van der Waals surface area contributed by atoms with E-state index in [0.29, 0.717) is 0 Å². The van der Waals surface area contributed by atoms with E-state index < -0.39 is 18.1 Å². The molecule has 0 aromatic carbocycles. The smallest absolute Gasteiger partial charge is 0.408 e. The number of amides is 1. The molecule has 0 radical (unpaired) electrons. The molecule has 0 saturated heterocycles. The summed E-state index contributed by atoms with van der Waals surface area (Å²) in [5.74, 6) is -0.501. The molecule has 28 heavy (non-hydrogen) atoms. The minimum atomic E-state index is -4.48. The zero-order valence-corrected chi connectivity index (χ0v) is 14.7. The van der Waals surface area contributed by atoms with Crippen molar-refractivity contribution in [3.8, 4) is 17.4 Å². The first kappa shape index (κ1) is 19.2. The van der Waals surface area contributed by atoms with Gasteiger partial charge in [0.25, 0.3) is 5.91 Å². The lowest BCUT2D eigenvalue weighted by atomic mass is 10.2. The normalized spacial score (nSPS) is 12.5. The maximum absolute atomic E-state index is 13.0. The van der Waals surface area contributed by atoms with Gasteiger partial charge in [0, 0.05) is 6.20 Å². The number of hydrogen-bond donors (Lipinski definition) is 1. The van der Waals surface area contributed by atoms with Crippen LogP contribution in [0.1, 0.15) is 23.3 Å². The summed E-state index contributed by atoms with van der Waals surface area (Å²) in [6.45, 7) is 0.986. The van der Waals surface area contributed by atoms with Gasteiger partial charge in [0.05, 0.1) is 7.11 Å². The third-order valence-electron chi connectivity index (χ3n) is 3.80. The van der Waals surface area contributed by atoms with E-state index in [4.69, 9.17) is 4.74 Å². The minimum absolute atomic E-state index is 0.0717. The van der Waals surface area contributed by atoms with Crippen molar-refractivity contribution in [1.29, 1.82) is 0 Å². The van der Waals surface area contributed by atoms with Crippen molar-refractivity contribution in [2.75, 3.05) is 12.4 Å². The molecule has 3 rings (SSSR count). The molecular formula is C16H14F3N7O2. The molecule has 0 spiro atoms. The average molecular weight is 393 g/mol. The van der Waals surface area contributed by atoms with Crippen LogP contribution in [0.2, 0.25) is 0 Å². The summed E-state index contributed by atoms with van der Waals surface area (Å²) >= 11 is 0. The van der Waals surface area contributed by atoms with E-state index in [0.717, 1.165) is 17.8 Å². The lowest BCUT2D eigenvalue weighted by Gasteiger charge is -2.18. The highest BCUT2D eigenvalue weighted by Gasteiger charge is 2.38. The highest BCUT2D eigenvalue weighted by Crippen LogP contribution is 2.32. The van der Waals surface area contributed by atoms with Crippen molar-refractivity contribution in [3.05, 3.63) is 42.6 Å². The van der Waals surface area contributed by atoms with Crippen LogP contribution < -0.4 is 10.1 Å². The van der Waals surface area contributed by atoms with Gasteiger partial charge in [-0.05, 0) is 19.1 Å². The second kappa shape index (κ2) is 7.58. The van der Waals surface area contributed by atoms with E-state index in [1.165, 1.54) is 37.8 Å². The Morgan fingerprint density at radius 1 is 1.32 bits per heavy atom. The number of halogens is 3. The molecule has 3 aromatic rings. The topological polar surface area (TPSA) is 108 Å². The Bertz CT molecular complexity index is 990. The quantitative estimate of drug-likeness (QED) is 0.710. The van der Waals surface area contributed by atoms with Gasteiger partial charge in [-0.3, -0.25) is 4.79 Å². The Labute approximate surface area is 156 Å². The molecule has 0 aliphatic carbocycles. The molecule has 1 amide bonds. The maximum Gasteiger partial charge on any atom is 0.408 e. The summed E-state index contributed by atoms with van der Waals surface area (Å²) < 4.78 is 45.0. The van der Waals surface area contributed by atoms with Crippen molar-refractivity contribution >= 4 is 11.7 Å². The first-order chi connectivity index (χ1) is 13.3.